The van der Waals surface area contributed by atoms with Crippen molar-refractivity contribution in [3.63, 3.8) is 0 Å². The predicted molar refractivity (Wildman–Crippen MR) is 84.3 cm³/mol. The molecule has 21 heavy (non-hydrogen) atoms. The number of rotatable bonds is 5. The molecule has 1 aliphatic heterocycles. The molecule has 6 nitrogen and oxygen atoms in total. The van der Waals surface area contributed by atoms with E-state index in [1.807, 2.05) is 19.1 Å². The highest BCUT2D eigenvalue weighted by Gasteiger charge is 2.28. The Balaban J connectivity index is 0.00000220. The van der Waals surface area contributed by atoms with Crippen LogP contribution in [0.15, 0.2) is 24.3 Å². The summed E-state index contributed by atoms with van der Waals surface area (Å²) in [6.07, 6.45) is 0. The van der Waals surface area contributed by atoms with E-state index in [0.717, 1.165) is 18.7 Å². The van der Waals surface area contributed by atoms with E-state index < -0.39 is 6.03 Å². The monoisotopic (exact) mass is 312 g/mol. The molecule has 0 aliphatic carbocycles. The summed E-state index contributed by atoms with van der Waals surface area (Å²) in [5.74, 6) is 0.556. The molecule has 1 aromatic rings. The van der Waals surface area contributed by atoms with Crippen molar-refractivity contribution in [3.05, 3.63) is 29.8 Å². The van der Waals surface area contributed by atoms with E-state index in [1.165, 1.54) is 0 Å². The number of hydrogen-bond donors (Lipinski definition) is 4. The minimum absolute atomic E-state index is 0. The third kappa shape index (κ3) is 4.91. The molecule has 3 amide bonds. The number of carbonyl (C=O) groups is 2. The van der Waals surface area contributed by atoms with E-state index in [1.54, 1.807) is 12.1 Å². The van der Waals surface area contributed by atoms with Crippen LogP contribution in [0.4, 0.5) is 10.5 Å². The van der Waals surface area contributed by atoms with E-state index in [2.05, 4.69) is 16.0 Å². The average molecular weight is 313 g/mol. The number of anilines is 1. The van der Waals surface area contributed by atoms with Crippen molar-refractivity contribution in [1.82, 2.24) is 10.6 Å². The van der Waals surface area contributed by atoms with Gasteiger partial charge in [0.15, 0.2) is 0 Å². The van der Waals surface area contributed by atoms with Crippen LogP contribution in [-0.2, 0) is 11.3 Å². The molecule has 2 rings (SSSR count). The summed E-state index contributed by atoms with van der Waals surface area (Å²) in [5, 5.41) is 8.59. The van der Waals surface area contributed by atoms with Gasteiger partial charge in [-0.25, -0.2) is 4.79 Å². The molecule has 0 spiro atoms. The molecule has 0 bridgehead atoms. The van der Waals surface area contributed by atoms with Gasteiger partial charge in [-0.2, -0.15) is 0 Å². The molecule has 1 unspecified atom stereocenters. The first-order valence-electron chi connectivity index (χ1n) is 6.70. The van der Waals surface area contributed by atoms with Crippen LogP contribution in [-0.4, -0.2) is 25.0 Å². The van der Waals surface area contributed by atoms with Crippen molar-refractivity contribution in [3.8, 4) is 0 Å². The van der Waals surface area contributed by atoms with Crippen LogP contribution in [0.25, 0.3) is 0 Å². The molecule has 1 heterocycles. The van der Waals surface area contributed by atoms with Crippen LogP contribution in [0.5, 0.6) is 0 Å². The fourth-order valence-corrected chi connectivity index (χ4v) is 2.08. The van der Waals surface area contributed by atoms with Crippen LogP contribution in [0.1, 0.15) is 12.5 Å². The molecule has 1 aromatic carbocycles. The molecule has 0 radical (unpaired) electrons. The number of primary amides is 1. The maximum atomic E-state index is 12.0. The zero-order valence-electron chi connectivity index (χ0n) is 11.9. The van der Waals surface area contributed by atoms with Crippen LogP contribution < -0.4 is 21.7 Å². The summed E-state index contributed by atoms with van der Waals surface area (Å²) in [4.78, 5) is 22.6. The number of nitrogens with one attached hydrogen (secondary N) is 3. The Morgan fingerprint density at radius 3 is 2.43 bits per heavy atom. The molecule has 0 aromatic heterocycles. The van der Waals surface area contributed by atoms with Crippen molar-refractivity contribution in [2.75, 3.05) is 18.4 Å². The largest absolute Gasteiger partial charge is 0.352 e. The topological polar surface area (TPSA) is 96.2 Å². The Bertz CT molecular complexity index is 488. The number of amides is 3. The van der Waals surface area contributed by atoms with E-state index >= 15 is 0 Å². The molecule has 5 N–H and O–H groups in total. The second-order valence-corrected chi connectivity index (χ2v) is 5.11. The predicted octanol–water partition coefficient (Wildman–Crippen LogP) is 1.07. The highest BCUT2D eigenvalue weighted by Crippen LogP contribution is 2.16. The molecular weight excluding hydrogens is 292 g/mol. The Morgan fingerprint density at radius 1 is 1.33 bits per heavy atom. The van der Waals surface area contributed by atoms with Crippen LogP contribution in [0.3, 0.4) is 0 Å². The zero-order valence-corrected chi connectivity index (χ0v) is 12.7. The summed E-state index contributed by atoms with van der Waals surface area (Å²) < 4.78 is 0. The highest BCUT2D eigenvalue weighted by atomic mass is 35.5. The minimum Gasteiger partial charge on any atom is -0.352 e. The Labute approximate surface area is 130 Å². The normalized spacial score (nSPS) is 15.3. The van der Waals surface area contributed by atoms with Gasteiger partial charge < -0.3 is 21.7 Å². The molecule has 1 aliphatic rings. The maximum Gasteiger partial charge on any atom is 0.316 e. The van der Waals surface area contributed by atoms with Crippen molar-refractivity contribution in [2.24, 2.45) is 17.6 Å². The summed E-state index contributed by atoms with van der Waals surface area (Å²) in [7, 11) is 0. The number of carbonyl (C=O) groups excluding carboxylic acids is 2. The lowest BCUT2D eigenvalue weighted by Gasteiger charge is -2.31. The summed E-state index contributed by atoms with van der Waals surface area (Å²) in [6.45, 7) is 4.28. The van der Waals surface area contributed by atoms with Crippen LogP contribution in [0, 0.1) is 11.8 Å². The van der Waals surface area contributed by atoms with Crippen molar-refractivity contribution in [1.29, 1.82) is 0 Å². The van der Waals surface area contributed by atoms with Crippen molar-refractivity contribution in [2.45, 2.75) is 13.5 Å². The highest BCUT2D eigenvalue weighted by molar-refractivity contribution is 5.87. The van der Waals surface area contributed by atoms with Gasteiger partial charge in [0.2, 0.25) is 5.91 Å². The second kappa shape index (κ2) is 7.85. The lowest BCUT2D eigenvalue weighted by Crippen LogP contribution is -2.49. The third-order valence-electron chi connectivity index (χ3n) is 3.62. The average Bonchev–Trinajstić information content (AvgIpc) is 2.34. The van der Waals surface area contributed by atoms with Gasteiger partial charge in [0.1, 0.15) is 0 Å². The Kier molecular flexibility index (Phi) is 6.45. The van der Waals surface area contributed by atoms with Gasteiger partial charge in [-0.3, -0.25) is 4.79 Å². The van der Waals surface area contributed by atoms with E-state index in [0.29, 0.717) is 18.2 Å². The van der Waals surface area contributed by atoms with Crippen molar-refractivity contribution >= 4 is 30.0 Å². The molecule has 1 fully saturated rings. The van der Waals surface area contributed by atoms with Gasteiger partial charge in [0, 0.05) is 18.2 Å². The van der Waals surface area contributed by atoms with E-state index in [4.69, 9.17) is 5.73 Å². The zero-order chi connectivity index (χ0) is 14.5. The number of nitrogens with two attached hydrogens (primary N) is 1. The number of hydrogen-bond acceptors (Lipinski definition) is 3. The molecule has 1 saturated heterocycles. The third-order valence-corrected chi connectivity index (χ3v) is 3.62. The number of benzene rings is 1. The van der Waals surface area contributed by atoms with Gasteiger partial charge >= 0.3 is 6.03 Å². The molecule has 0 saturated carbocycles. The van der Waals surface area contributed by atoms with E-state index in [-0.39, 0.29) is 24.2 Å². The van der Waals surface area contributed by atoms with Gasteiger partial charge in [-0.05, 0) is 36.7 Å². The van der Waals surface area contributed by atoms with Gasteiger partial charge in [0.25, 0.3) is 0 Å². The Hall–Kier alpha value is -1.79. The van der Waals surface area contributed by atoms with Gasteiger partial charge in [-0.15, -0.1) is 12.4 Å². The summed E-state index contributed by atoms with van der Waals surface area (Å²) >= 11 is 0. The number of halogens is 1. The standard InChI is InChI=1S/C14H20N4O2.ClH/c1-9(11-7-16-8-11)13(19)17-6-10-2-4-12(5-3-10)18-14(15)20;/h2-5,9,11,16H,6-8H2,1H3,(H,17,19)(H3,15,18,20);1H. The first kappa shape index (κ1) is 17.3. The molecule has 1 atom stereocenters. The Morgan fingerprint density at radius 2 is 1.95 bits per heavy atom. The first-order valence-corrected chi connectivity index (χ1v) is 6.70. The van der Waals surface area contributed by atoms with Gasteiger partial charge in [0.05, 0.1) is 0 Å². The summed E-state index contributed by atoms with van der Waals surface area (Å²) in [6, 6.07) is 6.62. The molecular formula is C14H21ClN4O2. The maximum absolute atomic E-state index is 12.0. The lowest BCUT2D eigenvalue weighted by atomic mass is 9.88. The summed E-state index contributed by atoms with van der Waals surface area (Å²) in [5.41, 5.74) is 6.65. The number of urea groups is 1. The molecule has 7 heteroatoms. The SMILES string of the molecule is CC(C(=O)NCc1ccc(NC(N)=O)cc1)C1CNC1.Cl. The minimum atomic E-state index is -0.589. The molecule has 116 valence electrons. The van der Waals surface area contributed by atoms with E-state index in [9.17, 15) is 9.59 Å². The van der Waals surface area contributed by atoms with Gasteiger partial charge in [-0.1, -0.05) is 19.1 Å². The van der Waals surface area contributed by atoms with Crippen LogP contribution in [0.2, 0.25) is 0 Å². The lowest BCUT2D eigenvalue weighted by molar-refractivity contribution is -0.126. The second-order valence-electron chi connectivity index (χ2n) is 5.11. The van der Waals surface area contributed by atoms with Crippen LogP contribution >= 0.6 is 12.4 Å². The van der Waals surface area contributed by atoms with Crippen molar-refractivity contribution < 1.29 is 9.59 Å². The fourth-order valence-electron chi connectivity index (χ4n) is 2.08. The smallest absolute Gasteiger partial charge is 0.316 e. The fraction of sp³-hybridized carbons (Fsp3) is 0.429. The quantitative estimate of drug-likeness (QED) is 0.655. The first-order chi connectivity index (χ1) is 9.56.